The maximum absolute atomic E-state index is 2.41. The van der Waals surface area contributed by atoms with Crippen molar-refractivity contribution in [2.24, 2.45) is 0 Å². The van der Waals surface area contributed by atoms with Crippen LogP contribution in [-0.2, 0) is 0 Å². The Morgan fingerprint density at radius 2 is 1.00 bits per heavy atom. The van der Waals surface area contributed by atoms with Crippen LogP contribution in [0.4, 0.5) is 0 Å². The van der Waals surface area contributed by atoms with Gasteiger partial charge in [-0.1, -0.05) is 46.6 Å². The minimum absolute atomic E-state index is 1.18. The number of hydrogen-bond acceptors (Lipinski definition) is 0. The smallest absolute Gasteiger partial charge is 0.0288 e. The Kier molecular flexibility index (Phi) is 11.1. The molecule has 0 radical (unpaired) electrons. The number of allylic oxidation sites excluding steroid dienone is 8. The van der Waals surface area contributed by atoms with Crippen molar-refractivity contribution in [3.8, 4) is 0 Å². The molecule has 20 heavy (non-hydrogen) atoms. The summed E-state index contributed by atoms with van der Waals surface area (Å²) < 4.78 is 0. The monoisotopic (exact) mass is 274 g/mol. The Hall–Kier alpha value is -1.04. The molecule has 0 aliphatic rings. The van der Waals surface area contributed by atoms with Gasteiger partial charge < -0.3 is 0 Å². The SMILES string of the molecule is CC=C(C)CC/C=C(\C)CC/C=C(\C)CCC=C(C)C. The van der Waals surface area contributed by atoms with E-state index >= 15 is 0 Å². The zero-order chi connectivity index (χ0) is 15.4. The molecule has 0 rings (SSSR count). The molecule has 0 amide bonds. The molecule has 0 bridgehead atoms. The molecule has 0 spiro atoms. The van der Waals surface area contributed by atoms with Crippen molar-refractivity contribution in [1.29, 1.82) is 0 Å². The molecule has 0 atom stereocenters. The lowest BCUT2D eigenvalue weighted by atomic mass is 10.0. The largest absolute Gasteiger partial charge is 0.0887 e. The van der Waals surface area contributed by atoms with Crippen LogP contribution in [0.5, 0.6) is 0 Å². The van der Waals surface area contributed by atoms with Crippen molar-refractivity contribution in [1.82, 2.24) is 0 Å². The zero-order valence-corrected chi connectivity index (χ0v) is 14.6. The lowest BCUT2D eigenvalue weighted by Gasteiger charge is -2.02. The van der Waals surface area contributed by atoms with Crippen molar-refractivity contribution in [3.05, 3.63) is 46.6 Å². The summed E-state index contributed by atoms with van der Waals surface area (Å²) in [6.07, 6.45) is 16.5. The molecule has 0 nitrogen and oxygen atoms in total. The van der Waals surface area contributed by atoms with Crippen LogP contribution in [0.3, 0.4) is 0 Å². The lowest BCUT2D eigenvalue weighted by molar-refractivity contribution is 0.899. The first-order valence-corrected chi connectivity index (χ1v) is 8.02. The summed E-state index contributed by atoms with van der Waals surface area (Å²) >= 11 is 0. The summed E-state index contributed by atoms with van der Waals surface area (Å²) in [5.74, 6) is 0. The lowest BCUT2D eigenvalue weighted by Crippen LogP contribution is -1.82. The fourth-order valence-corrected chi connectivity index (χ4v) is 2.03. The van der Waals surface area contributed by atoms with Crippen LogP contribution in [0, 0.1) is 0 Å². The maximum atomic E-state index is 2.41. The average Bonchev–Trinajstić information content (AvgIpc) is 2.38. The molecule has 0 heterocycles. The van der Waals surface area contributed by atoms with Crippen molar-refractivity contribution >= 4 is 0 Å². The highest BCUT2D eigenvalue weighted by atomic mass is 14.0. The van der Waals surface area contributed by atoms with E-state index in [1.165, 1.54) is 60.8 Å². The first kappa shape index (κ1) is 19.0. The molecule has 0 unspecified atom stereocenters. The van der Waals surface area contributed by atoms with Crippen LogP contribution in [0.25, 0.3) is 0 Å². The van der Waals surface area contributed by atoms with Gasteiger partial charge in [0.25, 0.3) is 0 Å². The van der Waals surface area contributed by atoms with Crippen LogP contribution in [0.1, 0.15) is 80.1 Å². The minimum atomic E-state index is 1.18. The molecule has 0 N–H and O–H groups in total. The quantitative estimate of drug-likeness (QED) is 0.391. The summed E-state index contributed by atoms with van der Waals surface area (Å²) in [7, 11) is 0. The Labute approximate surface area is 127 Å². The third-order valence-corrected chi connectivity index (χ3v) is 3.65. The van der Waals surface area contributed by atoms with Gasteiger partial charge in [0.2, 0.25) is 0 Å². The molecule has 0 aromatic heterocycles. The molecule has 0 aliphatic carbocycles. The maximum Gasteiger partial charge on any atom is -0.0288 e. The van der Waals surface area contributed by atoms with Crippen LogP contribution in [0.15, 0.2) is 46.6 Å². The van der Waals surface area contributed by atoms with E-state index in [0.717, 1.165) is 0 Å². The summed E-state index contributed by atoms with van der Waals surface area (Å²) in [4.78, 5) is 0. The summed E-state index contributed by atoms with van der Waals surface area (Å²) in [5.41, 5.74) is 5.97. The van der Waals surface area contributed by atoms with Crippen LogP contribution in [-0.4, -0.2) is 0 Å². The molecule has 0 aromatic rings. The van der Waals surface area contributed by atoms with E-state index in [9.17, 15) is 0 Å². The number of rotatable bonds is 9. The predicted octanol–water partition coefficient (Wildman–Crippen LogP) is 7.15. The second-order valence-electron chi connectivity index (χ2n) is 6.13. The van der Waals surface area contributed by atoms with Gasteiger partial charge in [-0.25, -0.2) is 0 Å². The van der Waals surface area contributed by atoms with Crippen LogP contribution in [0.2, 0.25) is 0 Å². The highest BCUT2D eigenvalue weighted by Gasteiger charge is 1.92. The van der Waals surface area contributed by atoms with Crippen molar-refractivity contribution < 1.29 is 0 Å². The van der Waals surface area contributed by atoms with Gasteiger partial charge in [-0.2, -0.15) is 0 Å². The van der Waals surface area contributed by atoms with E-state index < -0.39 is 0 Å². The first-order valence-electron chi connectivity index (χ1n) is 8.02. The van der Waals surface area contributed by atoms with Gasteiger partial charge in [-0.05, 0) is 80.1 Å². The van der Waals surface area contributed by atoms with Crippen molar-refractivity contribution in [2.45, 2.75) is 80.1 Å². The van der Waals surface area contributed by atoms with Gasteiger partial charge in [0, 0.05) is 0 Å². The Morgan fingerprint density at radius 1 is 0.600 bits per heavy atom. The molecule has 0 heteroatoms. The molecule has 0 aliphatic heterocycles. The molecule has 0 fully saturated rings. The Bertz CT molecular complexity index is 371. The highest BCUT2D eigenvalue weighted by Crippen LogP contribution is 2.13. The summed E-state index contributed by atoms with van der Waals surface area (Å²) in [6, 6.07) is 0. The molecule has 0 saturated carbocycles. The second-order valence-corrected chi connectivity index (χ2v) is 6.13. The molecule has 0 saturated heterocycles. The normalized spacial score (nSPS) is 13.6. The van der Waals surface area contributed by atoms with E-state index in [1.807, 2.05) is 0 Å². The van der Waals surface area contributed by atoms with Gasteiger partial charge in [-0.15, -0.1) is 0 Å². The van der Waals surface area contributed by atoms with Crippen LogP contribution >= 0.6 is 0 Å². The second kappa shape index (κ2) is 11.8. The topological polar surface area (TPSA) is 0 Å². The zero-order valence-electron chi connectivity index (χ0n) is 14.6. The predicted molar refractivity (Wildman–Crippen MR) is 94.1 cm³/mol. The van der Waals surface area contributed by atoms with E-state index in [-0.39, 0.29) is 0 Å². The number of hydrogen-bond donors (Lipinski definition) is 0. The molecule has 114 valence electrons. The third-order valence-electron chi connectivity index (χ3n) is 3.65. The molecular formula is C20H34. The van der Waals surface area contributed by atoms with E-state index in [4.69, 9.17) is 0 Å². The highest BCUT2D eigenvalue weighted by molar-refractivity contribution is 5.06. The summed E-state index contributed by atoms with van der Waals surface area (Å²) in [5, 5.41) is 0. The fraction of sp³-hybridized carbons (Fsp3) is 0.600. The third kappa shape index (κ3) is 12.0. The van der Waals surface area contributed by atoms with Gasteiger partial charge in [0.1, 0.15) is 0 Å². The standard InChI is InChI=1S/C20H34/c1-7-18(4)12-9-14-20(6)16-10-15-19(5)13-8-11-17(2)3/h7,11,14-15H,8-10,12-13,16H2,1-6H3/b18-7?,19-15+,20-14+. The summed E-state index contributed by atoms with van der Waals surface area (Å²) in [6.45, 7) is 13.2. The van der Waals surface area contributed by atoms with Gasteiger partial charge in [0.05, 0.1) is 0 Å². The first-order chi connectivity index (χ1) is 9.45. The van der Waals surface area contributed by atoms with Gasteiger partial charge in [0.15, 0.2) is 0 Å². The fourth-order valence-electron chi connectivity index (χ4n) is 2.03. The van der Waals surface area contributed by atoms with Gasteiger partial charge >= 0.3 is 0 Å². The minimum Gasteiger partial charge on any atom is -0.0887 e. The van der Waals surface area contributed by atoms with Crippen molar-refractivity contribution in [3.63, 3.8) is 0 Å². The average molecular weight is 274 g/mol. The molecule has 0 aromatic carbocycles. The van der Waals surface area contributed by atoms with Crippen molar-refractivity contribution in [2.75, 3.05) is 0 Å². The Balaban J connectivity index is 3.91. The van der Waals surface area contributed by atoms with Gasteiger partial charge in [-0.3, -0.25) is 0 Å². The van der Waals surface area contributed by atoms with Crippen LogP contribution < -0.4 is 0 Å². The Morgan fingerprint density at radius 3 is 1.40 bits per heavy atom. The van der Waals surface area contributed by atoms with E-state index in [0.29, 0.717) is 0 Å². The van der Waals surface area contributed by atoms with E-state index in [2.05, 4.69) is 65.8 Å². The molecular weight excluding hydrogens is 240 g/mol. The van der Waals surface area contributed by atoms with E-state index in [1.54, 1.807) is 0 Å².